The third-order valence-corrected chi connectivity index (χ3v) is 9.02. The van der Waals surface area contributed by atoms with E-state index in [4.69, 9.17) is 9.47 Å². The number of hydrogen-bond donors (Lipinski definition) is 2. The molecule has 0 atom stereocenters. The van der Waals surface area contributed by atoms with Crippen molar-refractivity contribution in [2.75, 3.05) is 49.6 Å². The highest BCUT2D eigenvalue weighted by molar-refractivity contribution is 7.09. The number of nitrogens with zero attached hydrogens (tertiary/aromatic N) is 2. The Hall–Kier alpha value is -3.59. The van der Waals surface area contributed by atoms with E-state index >= 15 is 0 Å². The summed E-state index contributed by atoms with van der Waals surface area (Å²) in [5.41, 5.74) is 5.96. The maximum atomic E-state index is 12.6. The van der Waals surface area contributed by atoms with Crippen molar-refractivity contribution in [3.05, 3.63) is 92.4 Å². The molecular weight excluding hydrogens is 520 g/mol. The third kappa shape index (κ3) is 5.39. The number of H-pyrrole nitrogens is 1. The second-order valence-electron chi connectivity index (χ2n) is 10.9. The molecule has 5 heterocycles. The maximum Gasteiger partial charge on any atom is 0.250 e. The SMILES string of the molecule is O=c1cc(N2CCOCC2)cc(-c2cccc3c2Oc2ccc(NC4CCN(Cc5cccs5)CC4)cc2C3)[nH]1. The summed E-state index contributed by atoms with van der Waals surface area (Å²) >= 11 is 1.84. The molecule has 7 rings (SSSR count). The van der Waals surface area contributed by atoms with Gasteiger partial charge in [-0.05, 0) is 60.2 Å². The number of morpholine rings is 1. The van der Waals surface area contributed by atoms with E-state index in [1.54, 1.807) is 6.07 Å². The summed E-state index contributed by atoms with van der Waals surface area (Å²) in [5.74, 6) is 1.70. The molecular formula is C32H34N4O3S. The Morgan fingerprint density at radius 3 is 2.65 bits per heavy atom. The minimum atomic E-state index is -0.110. The summed E-state index contributed by atoms with van der Waals surface area (Å²) in [6, 6.07) is 21.2. The number of likely N-dealkylation sites (tertiary alicyclic amines) is 1. The van der Waals surface area contributed by atoms with Crippen molar-refractivity contribution in [3.63, 3.8) is 0 Å². The van der Waals surface area contributed by atoms with E-state index in [9.17, 15) is 4.79 Å². The maximum absolute atomic E-state index is 12.6. The standard InChI is InChI=1S/C32H34N4O3S/c37-31-20-26(36-12-14-38-15-13-36)19-29(34-31)28-5-1-3-22-17-23-18-25(6-7-30(23)39-32(22)28)33-24-8-10-35(11-9-24)21-27-4-2-16-40-27/h1-7,16,18-20,24,33H,8-15,17,21H2,(H,34,37). The van der Waals surface area contributed by atoms with E-state index < -0.39 is 0 Å². The summed E-state index contributed by atoms with van der Waals surface area (Å²) in [6.07, 6.45) is 3.08. The van der Waals surface area contributed by atoms with Crippen molar-refractivity contribution in [2.24, 2.45) is 0 Å². The van der Waals surface area contributed by atoms with Crippen LogP contribution < -0.4 is 20.5 Å². The normalized spacial score (nSPS) is 17.6. The number of thiophene rings is 1. The zero-order valence-corrected chi connectivity index (χ0v) is 23.3. The van der Waals surface area contributed by atoms with Gasteiger partial charge in [-0.1, -0.05) is 18.2 Å². The van der Waals surface area contributed by atoms with Crippen LogP contribution in [0.25, 0.3) is 11.3 Å². The van der Waals surface area contributed by atoms with Crippen LogP contribution in [0.15, 0.2) is 70.8 Å². The van der Waals surface area contributed by atoms with Crippen LogP contribution in [-0.2, 0) is 17.7 Å². The van der Waals surface area contributed by atoms with Gasteiger partial charge in [-0.2, -0.15) is 0 Å². The number of rotatable bonds is 6. The molecule has 0 amide bonds. The molecule has 3 aliphatic rings. The molecule has 2 aromatic carbocycles. The number of pyridine rings is 1. The first kappa shape index (κ1) is 25.4. The second-order valence-corrected chi connectivity index (χ2v) is 11.9. The summed E-state index contributed by atoms with van der Waals surface area (Å²) in [7, 11) is 0. The quantitative estimate of drug-likeness (QED) is 0.280. The van der Waals surface area contributed by atoms with E-state index in [1.807, 2.05) is 23.5 Å². The lowest BCUT2D eigenvalue weighted by Crippen LogP contribution is -2.38. The van der Waals surface area contributed by atoms with Crippen LogP contribution in [0.1, 0.15) is 28.8 Å². The van der Waals surface area contributed by atoms with E-state index in [0.29, 0.717) is 19.3 Å². The molecule has 2 N–H and O–H groups in total. The zero-order chi connectivity index (χ0) is 26.9. The molecule has 2 aromatic heterocycles. The number of aromatic nitrogens is 1. The average Bonchev–Trinajstić information content (AvgIpc) is 3.50. The molecule has 3 aliphatic heterocycles. The van der Waals surface area contributed by atoms with Crippen molar-refractivity contribution in [1.82, 2.24) is 9.88 Å². The number of fused-ring (bicyclic) bond motifs is 2. The molecule has 0 aliphatic carbocycles. The lowest BCUT2D eigenvalue weighted by molar-refractivity contribution is 0.122. The second kappa shape index (κ2) is 11.1. The van der Waals surface area contributed by atoms with E-state index in [0.717, 1.165) is 91.7 Å². The number of piperidine rings is 1. The first-order chi connectivity index (χ1) is 19.7. The monoisotopic (exact) mass is 554 g/mol. The number of nitrogens with one attached hydrogen (secondary N) is 2. The van der Waals surface area contributed by atoms with E-state index in [-0.39, 0.29) is 5.56 Å². The molecule has 0 bridgehead atoms. The Labute approximate surface area is 238 Å². The molecule has 8 heteroatoms. The molecule has 0 unspecified atom stereocenters. The largest absolute Gasteiger partial charge is 0.456 e. The molecule has 0 spiro atoms. The molecule has 2 fully saturated rings. The molecule has 7 nitrogen and oxygen atoms in total. The van der Waals surface area contributed by atoms with E-state index in [2.05, 4.69) is 67.9 Å². The van der Waals surface area contributed by atoms with Gasteiger partial charge in [-0.3, -0.25) is 9.69 Å². The first-order valence-electron chi connectivity index (χ1n) is 14.2. The van der Waals surface area contributed by atoms with Crippen LogP contribution in [0.2, 0.25) is 0 Å². The predicted octanol–water partition coefficient (Wildman–Crippen LogP) is 5.71. The zero-order valence-electron chi connectivity index (χ0n) is 22.5. The van der Waals surface area contributed by atoms with Gasteiger partial charge in [0.25, 0.3) is 0 Å². The van der Waals surface area contributed by atoms with Crippen molar-refractivity contribution in [3.8, 4) is 22.8 Å². The molecule has 2 saturated heterocycles. The number of aromatic amines is 1. The first-order valence-corrected chi connectivity index (χ1v) is 15.1. The van der Waals surface area contributed by atoms with Crippen LogP contribution in [0.5, 0.6) is 11.5 Å². The van der Waals surface area contributed by atoms with Gasteiger partial charge in [0.1, 0.15) is 11.5 Å². The van der Waals surface area contributed by atoms with Gasteiger partial charge in [0.15, 0.2) is 0 Å². The molecule has 0 radical (unpaired) electrons. The predicted molar refractivity (Wildman–Crippen MR) is 161 cm³/mol. The van der Waals surface area contributed by atoms with Crippen LogP contribution in [0.4, 0.5) is 11.4 Å². The topological polar surface area (TPSA) is 69.8 Å². The van der Waals surface area contributed by atoms with Crippen LogP contribution in [0, 0.1) is 0 Å². The highest BCUT2D eigenvalue weighted by Crippen LogP contribution is 2.43. The molecule has 40 heavy (non-hydrogen) atoms. The van der Waals surface area contributed by atoms with Gasteiger partial charge in [0.2, 0.25) is 5.56 Å². The Kier molecular flexibility index (Phi) is 7.05. The van der Waals surface area contributed by atoms with Gasteiger partial charge in [-0.15, -0.1) is 11.3 Å². The number of benzene rings is 2. The van der Waals surface area contributed by atoms with Crippen LogP contribution >= 0.6 is 11.3 Å². The third-order valence-electron chi connectivity index (χ3n) is 8.16. The summed E-state index contributed by atoms with van der Waals surface area (Å²) < 4.78 is 12.0. The average molecular weight is 555 g/mol. The van der Waals surface area contributed by atoms with Crippen LogP contribution in [0.3, 0.4) is 0 Å². The van der Waals surface area contributed by atoms with Gasteiger partial charge in [0, 0.05) is 78.6 Å². The van der Waals surface area contributed by atoms with Gasteiger partial charge in [0.05, 0.1) is 18.9 Å². The summed E-state index contributed by atoms with van der Waals surface area (Å²) in [4.78, 5) is 21.9. The minimum Gasteiger partial charge on any atom is -0.456 e. The fourth-order valence-electron chi connectivity index (χ4n) is 6.05. The van der Waals surface area contributed by atoms with Crippen molar-refractivity contribution < 1.29 is 9.47 Å². The number of para-hydroxylation sites is 1. The fraction of sp³-hybridized carbons (Fsp3) is 0.344. The summed E-state index contributed by atoms with van der Waals surface area (Å²) in [5, 5.41) is 5.94. The Morgan fingerprint density at radius 2 is 1.82 bits per heavy atom. The Balaban J connectivity index is 1.06. The highest BCUT2D eigenvalue weighted by Gasteiger charge is 2.24. The molecule has 4 aromatic rings. The molecule has 206 valence electrons. The lowest BCUT2D eigenvalue weighted by Gasteiger charge is -2.33. The number of hydrogen-bond acceptors (Lipinski definition) is 7. The van der Waals surface area contributed by atoms with Gasteiger partial charge < -0.3 is 24.7 Å². The fourth-order valence-corrected chi connectivity index (χ4v) is 6.80. The van der Waals surface area contributed by atoms with Gasteiger partial charge >= 0.3 is 0 Å². The Bertz CT molecular complexity index is 1540. The number of anilines is 2. The van der Waals surface area contributed by atoms with Crippen molar-refractivity contribution in [2.45, 2.75) is 31.8 Å². The van der Waals surface area contributed by atoms with Crippen molar-refractivity contribution in [1.29, 1.82) is 0 Å². The van der Waals surface area contributed by atoms with Gasteiger partial charge in [-0.25, -0.2) is 0 Å². The highest BCUT2D eigenvalue weighted by atomic mass is 32.1. The van der Waals surface area contributed by atoms with Crippen molar-refractivity contribution >= 4 is 22.7 Å². The Morgan fingerprint density at radius 1 is 0.950 bits per heavy atom. The van der Waals surface area contributed by atoms with E-state index in [1.165, 1.54) is 10.4 Å². The number of ether oxygens (including phenoxy) is 2. The molecule has 0 saturated carbocycles. The lowest BCUT2D eigenvalue weighted by atomic mass is 9.96. The minimum absolute atomic E-state index is 0.110. The smallest absolute Gasteiger partial charge is 0.250 e. The summed E-state index contributed by atoms with van der Waals surface area (Å²) in [6.45, 7) is 6.22. The van der Waals surface area contributed by atoms with Crippen LogP contribution in [-0.4, -0.2) is 55.3 Å².